The number of amides is 1. The Bertz CT molecular complexity index is 420. The normalized spacial score (nSPS) is 17.0. The van der Waals surface area contributed by atoms with Gasteiger partial charge in [-0.05, 0) is 30.5 Å². The van der Waals surface area contributed by atoms with E-state index in [2.05, 4.69) is 0 Å². The van der Waals surface area contributed by atoms with Gasteiger partial charge in [0.05, 0.1) is 0 Å². The summed E-state index contributed by atoms with van der Waals surface area (Å²) >= 11 is 5.85. The third-order valence-electron chi connectivity index (χ3n) is 3.14. The fraction of sp³-hybridized carbons (Fsp3) is 0.462. The molecule has 0 spiro atoms. The molecular weight excluding hydrogens is 236 g/mol. The highest BCUT2D eigenvalue weighted by Crippen LogP contribution is 2.21. The zero-order chi connectivity index (χ0) is 12.3. The number of rotatable bonds is 2. The minimum atomic E-state index is 0.233. The number of nitrogens with zero attached hydrogens (tertiary/aromatic N) is 1. The number of nitrogens with two attached hydrogens (primary N) is 1. The number of anilines is 1. The summed E-state index contributed by atoms with van der Waals surface area (Å²) in [7, 11) is 0. The van der Waals surface area contributed by atoms with Crippen LogP contribution in [0, 0.1) is 0 Å². The van der Waals surface area contributed by atoms with Crippen molar-refractivity contribution in [1.82, 2.24) is 4.90 Å². The Labute approximate surface area is 107 Å². The molecule has 1 heterocycles. The molecule has 1 fully saturated rings. The number of benzene rings is 1. The summed E-state index contributed by atoms with van der Waals surface area (Å²) < 4.78 is 0. The highest BCUT2D eigenvalue weighted by molar-refractivity contribution is 6.30. The highest BCUT2D eigenvalue weighted by Gasteiger charge is 2.17. The molecule has 2 N–H and O–H groups in total. The maximum atomic E-state index is 11.9. The minimum Gasteiger partial charge on any atom is -0.398 e. The molecule has 0 atom stereocenters. The predicted octanol–water partition coefficient (Wildman–Crippen LogP) is 2.82. The number of hydrogen-bond donors (Lipinski definition) is 1. The molecule has 0 radical (unpaired) electrons. The molecule has 0 saturated carbocycles. The Hall–Kier alpha value is -1.22. The molecule has 0 bridgehead atoms. The van der Waals surface area contributed by atoms with Crippen molar-refractivity contribution >= 4 is 23.2 Å². The van der Waals surface area contributed by atoms with Gasteiger partial charge in [0.15, 0.2) is 0 Å². The summed E-state index contributed by atoms with van der Waals surface area (Å²) in [5.74, 6) is 0.233. The van der Waals surface area contributed by atoms with Gasteiger partial charge in [0.2, 0.25) is 5.91 Å². The van der Waals surface area contributed by atoms with Crippen LogP contribution in [0.2, 0.25) is 5.02 Å². The van der Waals surface area contributed by atoms with Crippen LogP contribution in [-0.4, -0.2) is 17.4 Å². The lowest BCUT2D eigenvalue weighted by molar-refractivity contribution is -0.131. The van der Waals surface area contributed by atoms with Gasteiger partial charge in [-0.25, -0.2) is 0 Å². The first kappa shape index (κ1) is 12.2. The van der Waals surface area contributed by atoms with Gasteiger partial charge in [-0.15, -0.1) is 0 Å². The SMILES string of the molecule is Nc1cc(Cl)ccc1CN1CCCCCC1=O. The van der Waals surface area contributed by atoms with Crippen LogP contribution >= 0.6 is 11.6 Å². The van der Waals surface area contributed by atoms with Crippen LogP contribution < -0.4 is 5.73 Å². The van der Waals surface area contributed by atoms with E-state index in [1.54, 1.807) is 6.07 Å². The molecule has 1 amide bonds. The van der Waals surface area contributed by atoms with Crippen LogP contribution in [0.4, 0.5) is 5.69 Å². The number of halogens is 1. The topological polar surface area (TPSA) is 46.3 Å². The third kappa shape index (κ3) is 3.13. The molecule has 0 aromatic heterocycles. The van der Waals surface area contributed by atoms with Crippen LogP contribution in [0.1, 0.15) is 31.2 Å². The summed E-state index contributed by atoms with van der Waals surface area (Å²) in [5, 5.41) is 0.633. The minimum absolute atomic E-state index is 0.233. The van der Waals surface area contributed by atoms with Crippen molar-refractivity contribution in [3.63, 3.8) is 0 Å². The monoisotopic (exact) mass is 252 g/mol. The highest BCUT2D eigenvalue weighted by atomic mass is 35.5. The van der Waals surface area contributed by atoms with Crippen LogP contribution in [0.25, 0.3) is 0 Å². The number of carbonyl (C=O) groups is 1. The van der Waals surface area contributed by atoms with Gasteiger partial charge in [0.1, 0.15) is 0 Å². The second kappa shape index (κ2) is 5.41. The number of likely N-dealkylation sites (tertiary alicyclic amines) is 1. The third-order valence-corrected chi connectivity index (χ3v) is 3.38. The van der Waals surface area contributed by atoms with Gasteiger partial charge in [-0.1, -0.05) is 24.1 Å². The zero-order valence-corrected chi connectivity index (χ0v) is 10.5. The first-order valence-corrected chi connectivity index (χ1v) is 6.36. The van der Waals surface area contributed by atoms with Crippen molar-refractivity contribution in [1.29, 1.82) is 0 Å². The van der Waals surface area contributed by atoms with E-state index in [1.165, 1.54) is 0 Å². The Morgan fingerprint density at radius 1 is 1.29 bits per heavy atom. The molecule has 0 unspecified atom stereocenters. The van der Waals surface area contributed by atoms with Gasteiger partial charge < -0.3 is 10.6 Å². The Balaban J connectivity index is 2.10. The average Bonchev–Trinajstić information content (AvgIpc) is 2.48. The Morgan fingerprint density at radius 3 is 2.88 bits per heavy atom. The lowest BCUT2D eigenvalue weighted by Crippen LogP contribution is -2.29. The van der Waals surface area contributed by atoms with Gasteiger partial charge in [-0.3, -0.25) is 4.79 Å². The van der Waals surface area contributed by atoms with Crippen molar-refractivity contribution in [2.24, 2.45) is 0 Å². The largest absolute Gasteiger partial charge is 0.398 e. The van der Waals surface area contributed by atoms with E-state index < -0.39 is 0 Å². The van der Waals surface area contributed by atoms with Crippen molar-refractivity contribution < 1.29 is 4.79 Å². The summed E-state index contributed by atoms with van der Waals surface area (Å²) in [4.78, 5) is 13.8. The average molecular weight is 253 g/mol. The molecule has 1 saturated heterocycles. The van der Waals surface area contributed by atoms with Crippen LogP contribution in [0.15, 0.2) is 18.2 Å². The number of hydrogen-bond acceptors (Lipinski definition) is 2. The molecule has 1 aromatic rings. The van der Waals surface area contributed by atoms with E-state index in [1.807, 2.05) is 17.0 Å². The summed E-state index contributed by atoms with van der Waals surface area (Å²) in [6.45, 7) is 1.43. The van der Waals surface area contributed by atoms with E-state index in [-0.39, 0.29) is 5.91 Å². The molecule has 0 aliphatic carbocycles. The Kier molecular flexibility index (Phi) is 3.89. The van der Waals surface area contributed by atoms with E-state index in [0.717, 1.165) is 31.4 Å². The van der Waals surface area contributed by atoms with Crippen molar-refractivity contribution in [3.8, 4) is 0 Å². The second-order valence-electron chi connectivity index (χ2n) is 4.47. The number of nitrogen functional groups attached to an aromatic ring is 1. The van der Waals surface area contributed by atoms with Crippen LogP contribution in [0.3, 0.4) is 0 Å². The number of carbonyl (C=O) groups excluding carboxylic acids is 1. The van der Waals surface area contributed by atoms with Crippen LogP contribution in [-0.2, 0) is 11.3 Å². The molecule has 1 aliphatic heterocycles. The maximum absolute atomic E-state index is 11.9. The van der Waals surface area contributed by atoms with Crippen molar-refractivity contribution in [2.45, 2.75) is 32.2 Å². The Morgan fingerprint density at radius 2 is 2.12 bits per heavy atom. The second-order valence-corrected chi connectivity index (χ2v) is 4.91. The predicted molar refractivity (Wildman–Crippen MR) is 69.7 cm³/mol. The maximum Gasteiger partial charge on any atom is 0.222 e. The van der Waals surface area contributed by atoms with Crippen LogP contribution in [0.5, 0.6) is 0 Å². The zero-order valence-electron chi connectivity index (χ0n) is 9.79. The fourth-order valence-corrected chi connectivity index (χ4v) is 2.30. The molecule has 3 nitrogen and oxygen atoms in total. The standard InChI is InChI=1S/C13H17ClN2O/c14-11-6-5-10(12(15)8-11)9-16-7-3-1-2-4-13(16)17/h5-6,8H,1-4,7,9,15H2. The molecule has 92 valence electrons. The molecule has 1 aromatic carbocycles. The van der Waals surface area contributed by atoms with Crippen molar-refractivity contribution in [3.05, 3.63) is 28.8 Å². The van der Waals surface area contributed by atoms with E-state index >= 15 is 0 Å². The van der Waals surface area contributed by atoms with Gasteiger partial charge >= 0.3 is 0 Å². The first-order chi connectivity index (χ1) is 8.16. The van der Waals surface area contributed by atoms with Crippen molar-refractivity contribution in [2.75, 3.05) is 12.3 Å². The van der Waals surface area contributed by atoms with Gasteiger partial charge in [0.25, 0.3) is 0 Å². The molecular formula is C13H17ClN2O. The van der Waals surface area contributed by atoms with E-state index in [4.69, 9.17) is 17.3 Å². The molecule has 17 heavy (non-hydrogen) atoms. The molecule has 1 aliphatic rings. The first-order valence-electron chi connectivity index (χ1n) is 5.98. The quantitative estimate of drug-likeness (QED) is 0.823. The summed E-state index contributed by atoms with van der Waals surface area (Å²) in [6, 6.07) is 5.45. The fourth-order valence-electron chi connectivity index (χ4n) is 2.12. The van der Waals surface area contributed by atoms with Gasteiger partial charge in [0, 0.05) is 30.2 Å². The molecule has 4 heteroatoms. The van der Waals surface area contributed by atoms with E-state index in [9.17, 15) is 4.79 Å². The lowest BCUT2D eigenvalue weighted by atomic mass is 10.1. The van der Waals surface area contributed by atoms with E-state index in [0.29, 0.717) is 23.7 Å². The van der Waals surface area contributed by atoms with Gasteiger partial charge in [-0.2, -0.15) is 0 Å². The summed E-state index contributed by atoms with van der Waals surface area (Å²) in [5.41, 5.74) is 7.54. The molecule has 2 rings (SSSR count). The lowest BCUT2D eigenvalue weighted by Gasteiger charge is -2.21. The smallest absolute Gasteiger partial charge is 0.222 e. The summed E-state index contributed by atoms with van der Waals surface area (Å²) in [6.07, 6.45) is 3.89.